The largest absolute Gasteiger partial charge is 0.351 e. The first-order chi connectivity index (χ1) is 7.93. The van der Waals surface area contributed by atoms with Crippen molar-refractivity contribution in [1.82, 2.24) is 5.32 Å². The van der Waals surface area contributed by atoms with Gasteiger partial charge in [-0.05, 0) is 40.2 Å². The summed E-state index contributed by atoms with van der Waals surface area (Å²) in [4.78, 5) is 12.5. The molecule has 0 aliphatic carbocycles. The fraction of sp³-hybridized carbons (Fsp3) is 0.545. The SMILES string of the molecule is Cc1csc(C(=O)NCC[C@H](C)[S@](C)=O)c1Br. The van der Waals surface area contributed by atoms with Crippen LogP contribution in [0, 0.1) is 6.92 Å². The minimum absolute atomic E-state index is 0.0657. The molecule has 2 atom stereocenters. The van der Waals surface area contributed by atoms with Gasteiger partial charge in [0.05, 0.1) is 0 Å². The Morgan fingerprint density at radius 2 is 2.29 bits per heavy atom. The van der Waals surface area contributed by atoms with Crippen LogP contribution in [-0.2, 0) is 10.8 Å². The van der Waals surface area contributed by atoms with Crippen LogP contribution in [0.1, 0.15) is 28.6 Å². The zero-order chi connectivity index (χ0) is 13.0. The second-order valence-electron chi connectivity index (χ2n) is 3.92. The average molecular weight is 338 g/mol. The van der Waals surface area contributed by atoms with Crippen molar-refractivity contribution < 1.29 is 9.00 Å². The van der Waals surface area contributed by atoms with Crippen LogP contribution in [0.2, 0.25) is 0 Å². The Balaban J connectivity index is 2.46. The number of rotatable bonds is 5. The van der Waals surface area contributed by atoms with E-state index in [1.807, 2.05) is 19.2 Å². The van der Waals surface area contributed by atoms with E-state index in [-0.39, 0.29) is 11.2 Å². The molecule has 0 unspecified atom stereocenters. The Morgan fingerprint density at radius 1 is 1.65 bits per heavy atom. The predicted molar refractivity (Wildman–Crippen MR) is 77.2 cm³/mol. The van der Waals surface area contributed by atoms with E-state index >= 15 is 0 Å². The predicted octanol–water partition coefficient (Wildman–Crippen LogP) is 2.71. The van der Waals surface area contributed by atoms with E-state index in [2.05, 4.69) is 21.2 Å². The van der Waals surface area contributed by atoms with Crippen LogP contribution < -0.4 is 5.32 Å². The fourth-order valence-corrected chi connectivity index (χ4v) is 3.25. The molecule has 1 N–H and O–H groups in total. The van der Waals surface area contributed by atoms with Crippen molar-refractivity contribution in [1.29, 1.82) is 0 Å². The molecule has 1 rings (SSSR count). The third kappa shape index (κ3) is 4.19. The second kappa shape index (κ2) is 6.66. The van der Waals surface area contributed by atoms with Crippen molar-refractivity contribution >= 4 is 44.0 Å². The van der Waals surface area contributed by atoms with E-state index in [4.69, 9.17) is 0 Å². The van der Waals surface area contributed by atoms with Gasteiger partial charge in [-0.3, -0.25) is 9.00 Å². The van der Waals surface area contributed by atoms with Gasteiger partial charge in [0.25, 0.3) is 5.91 Å². The maximum Gasteiger partial charge on any atom is 0.262 e. The van der Waals surface area contributed by atoms with Gasteiger partial charge in [0.15, 0.2) is 0 Å². The molecule has 0 saturated heterocycles. The molecule has 1 aromatic heterocycles. The molecule has 1 heterocycles. The number of carbonyl (C=O) groups is 1. The lowest BCUT2D eigenvalue weighted by Gasteiger charge is -2.08. The minimum Gasteiger partial charge on any atom is -0.351 e. The molecule has 6 heteroatoms. The van der Waals surface area contributed by atoms with Crippen molar-refractivity contribution in [2.24, 2.45) is 0 Å². The number of thiophene rings is 1. The van der Waals surface area contributed by atoms with E-state index < -0.39 is 10.8 Å². The van der Waals surface area contributed by atoms with Crippen molar-refractivity contribution in [2.45, 2.75) is 25.5 Å². The summed E-state index contributed by atoms with van der Waals surface area (Å²) in [6.07, 6.45) is 2.42. The molecule has 0 fully saturated rings. The maximum atomic E-state index is 11.8. The Labute approximate surface area is 117 Å². The lowest BCUT2D eigenvalue weighted by molar-refractivity contribution is 0.0956. The molecule has 3 nitrogen and oxygen atoms in total. The summed E-state index contributed by atoms with van der Waals surface area (Å²) >= 11 is 4.83. The molecule has 0 aliphatic rings. The quantitative estimate of drug-likeness (QED) is 0.897. The van der Waals surface area contributed by atoms with Gasteiger partial charge in [0.2, 0.25) is 0 Å². The van der Waals surface area contributed by atoms with E-state index in [1.165, 1.54) is 11.3 Å². The summed E-state index contributed by atoms with van der Waals surface area (Å²) in [5.74, 6) is -0.0657. The van der Waals surface area contributed by atoms with E-state index in [1.54, 1.807) is 6.26 Å². The molecule has 96 valence electrons. The van der Waals surface area contributed by atoms with Crippen LogP contribution in [0.3, 0.4) is 0 Å². The van der Waals surface area contributed by atoms with Gasteiger partial charge < -0.3 is 5.32 Å². The standard InChI is InChI=1S/C11H16BrNO2S2/c1-7-6-16-10(9(7)12)11(14)13-5-4-8(2)17(3)15/h6,8H,4-5H2,1-3H3,(H,13,14)/t8-,17-/m0/s1. The third-order valence-corrected chi connectivity index (χ3v) is 6.26. The van der Waals surface area contributed by atoms with Crippen LogP contribution in [0.5, 0.6) is 0 Å². The molecular weight excluding hydrogens is 322 g/mol. The number of nitrogens with one attached hydrogen (secondary N) is 1. The second-order valence-corrected chi connectivity index (χ2v) is 7.39. The molecule has 0 radical (unpaired) electrons. The highest BCUT2D eigenvalue weighted by atomic mass is 79.9. The van der Waals surface area contributed by atoms with Crippen LogP contribution in [0.25, 0.3) is 0 Å². The minimum atomic E-state index is -0.828. The van der Waals surface area contributed by atoms with E-state index in [0.29, 0.717) is 11.4 Å². The first kappa shape index (κ1) is 14.9. The molecule has 0 aliphatic heterocycles. The highest BCUT2D eigenvalue weighted by molar-refractivity contribution is 9.10. The fourth-order valence-electron chi connectivity index (χ4n) is 1.22. The molecule has 0 aromatic carbocycles. The van der Waals surface area contributed by atoms with E-state index in [0.717, 1.165) is 16.5 Å². The number of aryl methyl sites for hydroxylation is 1. The van der Waals surface area contributed by atoms with Gasteiger partial charge in [-0.15, -0.1) is 11.3 Å². The number of halogens is 1. The molecule has 1 amide bonds. The maximum absolute atomic E-state index is 11.8. The first-order valence-corrected chi connectivity index (χ1v) is 8.57. The van der Waals surface area contributed by atoms with E-state index in [9.17, 15) is 9.00 Å². The smallest absolute Gasteiger partial charge is 0.262 e. The normalized spacial score (nSPS) is 14.4. The summed E-state index contributed by atoms with van der Waals surface area (Å²) in [6.45, 7) is 4.44. The van der Waals surface area contributed by atoms with Crippen molar-refractivity contribution in [3.63, 3.8) is 0 Å². The van der Waals surface area contributed by atoms with Crippen molar-refractivity contribution in [3.05, 3.63) is 20.3 Å². The van der Waals surface area contributed by atoms with Crippen molar-refractivity contribution in [3.8, 4) is 0 Å². The Bertz CT molecular complexity index is 431. The van der Waals surface area contributed by atoms with Crippen molar-refractivity contribution in [2.75, 3.05) is 12.8 Å². The summed E-state index contributed by atoms with van der Waals surface area (Å²) in [7, 11) is -0.828. The molecule has 0 spiro atoms. The van der Waals surface area contributed by atoms with Gasteiger partial charge in [-0.1, -0.05) is 6.92 Å². The number of hydrogen-bond donors (Lipinski definition) is 1. The van der Waals surface area contributed by atoms with Crippen LogP contribution in [0.15, 0.2) is 9.85 Å². The molecule has 0 bridgehead atoms. The molecule has 1 aromatic rings. The van der Waals surface area contributed by atoms with Gasteiger partial charge in [0.1, 0.15) is 4.88 Å². The van der Waals surface area contributed by atoms with Crippen LogP contribution >= 0.6 is 27.3 Å². The topological polar surface area (TPSA) is 46.2 Å². The summed E-state index contributed by atoms with van der Waals surface area (Å²) in [5, 5.41) is 4.91. The summed E-state index contributed by atoms with van der Waals surface area (Å²) in [6, 6.07) is 0. The van der Waals surface area contributed by atoms with Crippen LogP contribution in [-0.4, -0.2) is 28.2 Å². The Morgan fingerprint density at radius 3 is 2.76 bits per heavy atom. The summed E-state index contributed by atoms with van der Waals surface area (Å²) in [5.41, 5.74) is 1.07. The third-order valence-electron chi connectivity index (χ3n) is 2.51. The molecule has 0 saturated carbocycles. The lowest BCUT2D eigenvalue weighted by Crippen LogP contribution is -2.27. The Hall–Kier alpha value is -0.200. The van der Waals surface area contributed by atoms with Gasteiger partial charge in [0, 0.05) is 33.3 Å². The monoisotopic (exact) mass is 337 g/mol. The highest BCUT2D eigenvalue weighted by Gasteiger charge is 2.14. The zero-order valence-electron chi connectivity index (χ0n) is 10.1. The number of amides is 1. The van der Waals surface area contributed by atoms with Gasteiger partial charge >= 0.3 is 0 Å². The average Bonchev–Trinajstić information content (AvgIpc) is 2.59. The molecular formula is C11H16BrNO2S2. The zero-order valence-corrected chi connectivity index (χ0v) is 13.3. The lowest BCUT2D eigenvalue weighted by atomic mass is 10.3. The number of hydrogen-bond acceptors (Lipinski definition) is 3. The molecule has 17 heavy (non-hydrogen) atoms. The van der Waals surface area contributed by atoms with Gasteiger partial charge in [-0.25, -0.2) is 0 Å². The Kier molecular flexibility index (Phi) is 5.82. The summed E-state index contributed by atoms with van der Waals surface area (Å²) < 4.78 is 12.0. The van der Waals surface area contributed by atoms with Gasteiger partial charge in [-0.2, -0.15) is 0 Å². The first-order valence-electron chi connectivity index (χ1n) is 5.27. The number of carbonyl (C=O) groups excluding carboxylic acids is 1. The highest BCUT2D eigenvalue weighted by Crippen LogP contribution is 2.27. The van der Waals surface area contributed by atoms with Crippen LogP contribution in [0.4, 0.5) is 0 Å².